The smallest absolute Gasteiger partial charge is 0.137 e. The van der Waals surface area contributed by atoms with Gasteiger partial charge in [0.05, 0.1) is 5.52 Å². The quantitative estimate of drug-likeness (QED) is 0.904. The van der Waals surface area contributed by atoms with Crippen LogP contribution in [0.3, 0.4) is 0 Å². The Morgan fingerprint density at radius 1 is 1.18 bits per heavy atom. The minimum atomic E-state index is 0. The van der Waals surface area contributed by atoms with Gasteiger partial charge >= 0.3 is 0 Å². The number of anilines is 1. The van der Waals surface area contributed by atoms with Crippen molar-refractivity contribution < 1.29 is 0 Å². The Kier molecular flexibility index (Phi) is 5.12. The summed E-state index contributed by atoms with van der Waals surface area (Å²) in [4.78, 5) is 10.6. The number of rotatable bonds is 4. The lowest BCUT2D eigenvalue weighted by molar-refractivity contribution is 0.425. The first-order chi connectivity index (χ1) is 7.77. The van der Waals surface area contributed by atoms with Gasteiger partial charge in [-0.25, -0.2) is 9.97 Å². The summed E-state index contributed by atoms with van der Waals surface area (Å²) in [6.45, 7) is 1.87. The summed E-state index contributed by atoms with van der Waals surface area (Å²) < 4.78 is 0. The highest BCUT2D eigenvalue weighted by Gasteiger charge is 2.01. The molecule has 0 amide bonds. The highest BCUT2D eigenvalue weighted by Crippen LogP contribution is 2.17. The van der Waals surface area contributed by atoms with Gasteiger partial charge in [-0.1, -0.05) is 12.1 Å². The molecule has 0 saturated carbocycles. The SMILES string of the molecule is CN(C)CCNc1ncnc2ccccc12.Cl. The van der Waals surface area contributed by atoms with E-state index in [4.69, 9.17) is 0 Å². The fourth-order valence-corrected chi connectivity index (χ4v) is 1.54. The average molecular weight is 253 g/mol. The van der Waals surface area contributed by atoms with Gasteiger partial charge in [-0.15, -0.1) is 12.4 Å². The van der Waals surface area contributed by atoms with Crippen LogP contribution in [0.5, 0.6) is 0 Å². The molecule has 2 rings (SSSR count). The summed E-state index contributed by atoms with van der Waals surface area (Å²) in [6, 6.07) is 8.02. The summed E-state index contributed by atoms with van der Waals surface area (Å²) in [7, 11) is 4.11. The van der Waals surface area contributed by atoms with Gasteiger partial charge in [-0.05, 0) is 26.2 Å². The zero-order valence-electron chi connectivity index (χ0n) is 10.1. The number of para-hydroxylation sites is 1. The van der Waals surface area contributed by atoms with Crippen LogP contribution in [0.2, 0.25) is 0 Å². The largest absolute Gasteiger partial charge is 0.368 e. The number of benzene rings is 1. The maximum Gasteiger partial charge on any atom is 0.137 e. The van der Waals surface area contributed by atoms with Crippen LogP contribution in [0.15, 0.2) is 30.6 Å². The lowest BCUT2D eigenvalue weighted by Gasteiger charge is -2.11. The van der Waals surface area contributed by atoms with Crippen molar-refractivity contribution >= 4 is 29.1 Å². The number of halogens is 1. The molecule has 0 aliphatic carbocycles. The third kappa shape index (κ3) is 3.54. The Labute approximate surface area is 107 Å². The van der Waals surface area contributed by atoms with Crippen LogP contribution >= 0.6 is 12.4 Å². The fraction of sp³-hybridized carbons (Fsp3) is 0.333. The topological polar surface area (TPSA) is 41.0 Å². The van der Waals surface area contributed by atoms with Gasteiger partial charge in [-0.2, -0.15) is 0 Å². The number of nitrogens with one attached hydrogen (secondary N) is 1. The lowest BCUT2D eigenvalue weighted by atomic mass is 10.2. The van der Waals surface area contributed by atoms with Crippen LogP contribution < -0.4 is 5.32 Å². The van der Waals surface area contributed by atoms with Gasteiger partial charge in [0.1, 0.15) is 12.1 Å². The van der Waals surface area contributed by atoms with Gasteiger partial charge in [0.2, 0.25) is 0 Å². The third-order valence-corrected chi connectivity index (χ3v) is 2.39. The molecule has 4 nitrogen and oxygen atoms in total. The van der Waals surface area contributed by atoms with Crippen molar-refractivity contribution in [3.05, 3.63) is 30.6 Å². The van der Waals surface area contributed by atoms with E-state index in [-0.39, 0.29) is 12.4 Å². The lowest BCUT2D eigenvalue weighted by Crippen LogP contribution is -2.21. The van der Waals surface area contributed by atoms with Gasteiger partial charge in [0.25, 0.3) is 0 Å². The van der Waals surface area contributed by atoms with Gasteiger partial charge in [0.15, 0.2) is 0 Å². The predicted molar refractivity (Wildman–Crippen MR) is 73.8 cm³/mol. The molecule has 17 heavy (non-hydrogen) atoms. The van der Waals surface area contributed by atoms with Crippen LogP contribution in [0.25, 0.3) is 10.9 Å². The number of hydrogen-bond acceptors (Lipinski definition) is 4. The molecule has 1 N–H and O–H groups in total. The summed E-state index contributed by atoms with van der Waals surface area (Å²) >= 11 is 0. The van der Waals surface area contributed by atoms with Crippen molar-refractivity contribution in [2.24, 2.45) is 0 Å². The highest BCUT2D eigenvalue weighted by molar-refractivity contribution is 5.88. The van der Waals surface area contributed by atoms with E-state index in [0.29, 0.717) is 0 Å². The Bertz CT molecular complexity index is 468. The average Bonchev–Trinajstić information content (AvgIpc) is 2.29. The molecule has 0 fully saturated rings. The second kappa shape index (κ2) is 6.37. The molecule has 0 saturated heterocycles. The minimum absolute atomic E-state index is 0. The molecule has 0 radical (unpaired) electrons. The Balaban J connectivity index is 0.00000144. The molecule has 0 atom stereocenters. The zero-order valence-corrected chi connectivity index (χ0v) is 10.9. The van der Waals surface area contributed by atoms with E-state index in [9.17, 15) is 0 Å². The molecule has 0 bridgehead atoms. The number of aromatic nitrogens is 2. The molecular formula is C12H17ClN4. The monoisotopic (exact) mass is 252 g/mol. The molecule has 0 spiro atoms. The Morgan fingerprint density at radius 3 is 2.71 bits per heavy atom. The maximum atomic E-state index is 4.26. The molecule has 1 aromatic carbocycles. The van der Waals surface area contributed by atoms with E-state index in [1.807, 2.05) is 24.3 Å². The second-order valence-corrected chi connectivity index (χ2v) is 3.97. The first-order valence-electron chi connectivity index (χ1n) is 5.36. The number of likely N-dealkylation sites (N-methyl/N-ethyl adjacent to an activating group) is 1. The van der Waals surface area contributed by atoms with E-state index in [1.165, 1.54) is 0 Å². The standard InChI is InChI=1S/C12H16N4.ClH/c1-16(2)8-7-13-12-10-5-3-4-6-11(10)14-9-15-12;/h3-6,9H,7-8H2,1-2H3,(H,13,14,15);1H. The summed E-state index contributed by atoms with van der Waals surface area (Å²) in [5.74, 6) is 0.910. The molecule has 1 aromatic heterocycles. The minimum Gasteiger partial charge on any atom is -0.368 e. The van der Waals surface area contributed by atoms with Crippen LogP contribution in [-0.2, 0) is 0 Å². The Hall–Kier alpha value is -1.39. The number of nitrogens with zero attached hydrogens (tertiary/aromatic N) is 3. The van der Waals surface area contributed by atoms with Crippen LogP contribution in [0.1, 0.15) is 0 Å². The van der Waals surface area contributed by atoms with Crippen molar-refractivity contribution in [1.82, 2.24) is 14.9 Å². The van der Waals surface area contributed by atoms with Crippen molar-refractivity contribution in [2.75, 3.05) is 32.5 Å². The maximum absolute atomic E-state index is 4.26. The van der Waals surface area contributed by atoms with E-state index in [0.717, 1.165) is 29.8 Å². The molecule has 0 unspecified atom stereocenters. The van der Waals surface area contributed by atoms with E-state index in [2.05, 4.69) is 34.3 Å². The van der Waals surface area contributed by atoms with E-state index >= 15 is 0 Å². The second-order valence-electron chi connectivity index (χ2n) is 3.97. The summed E-state index contributed by atoms with van der Waals surface area (Å²) in [5.41, 5.74) is 0.977. The molecule has 92 valence electrons. The van der Waals surface area contributed by atoms with Crippen LogP contribution in [0, 0.1) is 0 Å². The third-order valence-electron chi connectivity index (χ3n) is 2.39. The summed E-state index contributed by atoms with van der Waals surface area (Å²) in [6.07, 6.45) is 1.60. The van der Waals surface area contributed by atoms with Gasteiger partial charge < -0.3 is 10.2 Å². The number of fused-ring (bicyclic) bond motifs is 1. The molecule has 2 aromatic rings. The van der Waals surface area contributed by atoms with Crippen molar-refractivity contribution in [2.45, 2.75) is 0 Å². The van der Waals surface area contributed by atoms with Gasteiger partial charge in [0, 0.05) is 18.5 Å². The Morgan fingerprint density at radius 2 is 1.94 bits per heavy atom. The molecular weight excluding hydrogens is 236 g/mol. The zero-order chi connectivity index (χ0) is 11.4. The van der Waals surface area contributed by atoms with Crippen molar-refractivity contribution in [1.29, 1.82) is 0 Å². The molecule has 1 heterocycles. The van der Waals surface area contributed by atoms with Crippen molar-refractivity contribution in [3.8, 4) is 0 Å². The molecule has 0 aliphatic rings. The molecule has 5 heteroatoms. The first-order valence-corrected chi connectivity index (χ1v) is 5.36. The predicted octanol–water partition coefficient (Wildman–Crippen LogP) is 2.03. The highest BCUT2D eigenvalue weighted by atomic mass is 35.5. The van der Waals surface area contributed by atoms with Crippen LogP contribution in [-0.4, -0.2) is 42.1 Å². The van der Waals surface area contributed by atoms with E-state index in [1.54, 1.807) is 6.33 Å². The number of hydrogen-bond donors (Lipinski definition) is 1. The van der Waals surface area contributed by atoms with Crippen LogP contribution in [0.4, 0.5) is 5.82 Å². The summed E-state index contributed by atoms with van der Waals surface area (Å²) in [5, 5.41) is 4.40. The first kappa shape index (κ1) is 13.7. The van der Waals surface area contributed by atoms with E-state index < -0.39 is 0 Å². The van der Waals surface area contributed by atoms with Gasteiger partial charge in [-0.3, -0.25) is 0 Å². The normalized spacial score (nSPS) is 10.3. The molecule has 0 aliphatic heterocycles. The fourth-order valence-electron chi connectivity index (χ4n) is 1.54. The van der Waals surface area contributed by atoms with Crippen molar-refractivity contribution in [3.63, 3.8) is 0 Å².